The number of carboxylic acid groups (broad SMARTS) is 2. The van der Waals surface area contributed by atoms with E-state index in [4.69, 9.17) is 25.2 Å². The summed E-state index contributed by atoms with van der Waals surface area (Å²) in [6.07, 6.45) is 5.04. The number of rotatable bonds is 9. The molecule has 7 rings (SSSR count). The Morgan fingerprint density at radius 2 is 1.75 bits per heavy atom. The Labute approximate surface area is 256 Å². The van der Waals surface area contributed by atoms with Gasteiger partial charge in [-0.05, 0) is 75.5 Å². The van der Waals surface area contributed by atoms with Crippen LogP contribution in [0.3, 0.4) is 0 Å². The van der Waals surface area contributed by atoms with Crippen molar-refractivity contribution in [3.8, 4) is 11.5 Å². The first-order valence-electron chi connectivity index (χ1n) is 16.0. The zero-order valence-electron chi connectivity index (χ0n) is 25.1. The minimum Gasteiger partial charge on any atom is -0.504 e. The van der Waals surface area contributed by atoms with Crippen LogP contribution in [0, 0.1) is 11.8 Å². The molecule has 2 saturated carbocycles. The van der Waals surface area contributed by atoms with Gasteiger partial charge in [0.1, 0.15) is 6.10 Å². The Balaban J connectivity index is 0.000000299. The number of aliphatic hydroxyl groups excluding tert-OH is 2. The number of carbonyl (C=O) groups excluding carboxylic acids is 1. The van der Waals surface area contributed by atoms with E-state index in [2.05, 4.69) is 22.8 Å². The van der Waals surface area contributed by atoms with Gasteiger partial charge in [0.25, 0.3) is 0 Å². The fraction of sp³-hybridized carbons (Fsp3) is 0.719. The van der Waals surface area contributed by atoms with Crippen molar-refractivity contribution in [2.45, 2.75) is 113 Å². The molecule has 44 heavy (non-hydrogen) atoms. The number of likely N-dealkylation sites (tertiary alicyclic amines) is 2. The number of benzene rings is 1. The van der Waals surface area contributed by atoms with Gasteiger partial charge < -0.3 is 40.3 Å². The summed E-state index contributed by atoms with van der Waals surface area (Å²) >= 11 is 0. The van der Waals surface area contributed by atoms with E-state index in [1.165, 1.54) is 18.4 Å². The molecule has 0 radical (unpaired) electrons. The summed E-state index contributed by atoms with van der Waals surface area (Å²) in [6, 6.07) is 3.88. The van der Waals surface area contributed by atoms with Gasteiger partial charge in [0, 0.05) is 30.6 Å². The lowest BCUT2D eigenvalue weighted by atomic mass is 9.48. The van der Waals surface area contributed by atoms with Crippen LogP contribution in [-0.2, 0) is 26.2 Å². The van der Waals surface area contributed by atoms with Crippen molar-refractivity contribution in [1.29, 1.82) is 0 Å². The van der Waals surface area contributed by atoms with Gasteiger partial charge in [-0.15, -0.1) is 0 Å². The highest BCUT2D eigenvalue weighted by molar-refractivity contribution is 5.83. The van der Waals surface area contributed by atoms with Crippen molar-refractivity contribution in [2.24, 2.45) is 11.8 Å². The quantitative estimate of drug-likeness (QED) is 0.234. The molecule has 8 atom stereocenters. The van der Waals surface area contributed by atoms with E-state index in [1.54, 1.807) is 6.07 Å². The Morgan fingerprint density at radius 3 is 2.39 bits per heavy atom. The third-order valence-corrected chi connectivity index (χ3v) is 11.2. The van der Waals surface area contributed by atoms with Gasteiger partial charge >= 0.3 is 11.9 Å². The molecule has 3 unspecified atom stereocenters. The highest BCUT2D eigenvalue weighted by atomic mass is 16.5. The number of aliphatic carboxylic acids is 2. The predicted molar refractivity (Wildman–Crippen MR) is 155 cm³/mol. The monoisotopic (exact) mass is 616 g/mol. The standard InChI is InChI=1S/C28H38N2O4.C4H6O6/c1-2-3-4-18-10-13-30(26(18)32)20-9-11-28(33)22-15-19-7-8-21(31)24-23(19)27(28,25(20)34-24)12-14-29(22)16-17-5-6-17;5-1(3(7)8)2(6)4(9)10/h7-8,17-18,20,22,25,31,33H,2-6,9-16H2,1H3;1-2,5-6H,(H,7,8)(H,9,10)/t18?,20-,22+,25-,27-,28+;/m0./s1. The summed E-state index contributed by atoms with van der Waals surface area (Å²) in [5, 5.41) is 55.9. The molecular formula is C32H44N2O10. The second-order valence-electron chi connectivity index (χ2n) is 13.6. The summed E-state index contributed by atoms with van der Waals surface area (Å²) in [5.41, 5.74) is 0.864. The van der Waals surface area contributed by atoms with Crippen LogP contribution in [0.2, 0.25) is 0 Å². The zero-order chi connectivity index (χ0) is 31.6. The van der Waals surface area contributed by atoms with Crippen LogP contribution in [0.15, 0.2) is 12.1 Å². The van der Waals surface area contributed by atoms with Crippen LogP contribution in [0.1, 0.15) is 75.8 Å². The molecule has 3 heterocycles. The van der Waals surface area contributed by atoms with Crippen molar-refractivity contribution in [3.05, 3.63) is 23.3 Å². The van der Waals surface area contributed by atoms with E-state index >= 15 is 0 Å². The molecule has 4 fully saturated rings. The minimum atomic E-state index is -2.27. The molecular weight excluding hydrogens is 572 g/mol. The molecule has 12 heteroatoms. The lowest BCUT2D eigenvalue weighted by Crippen LogP contribution is -2.78. The first kappa shape index (κ1) is 31.1. The number of hydrogen-bond acceptors (Lipinski definition) is 9. The fourth-order valence-corrected chi connectivity index (χ4v) is 8.86. The van der Waals surface area contributed by atoms with E-state index in [0.29, 0.717) is 12.2 Å². The number of carboxylic acids is 2. The number of hydrogen-bond donors (Lipinski definition) is 6. The third kappa shape index (κ3) is 4.76. The maximum atomic E-state index is 13.5. The topological polar surface area (TPSA) is 188 Å². The van der Waals surface area contributed by atoms with E-state index in [-0.39, 0.29) is 35.8 Å². The van der Waals surface area contributed by atoms with Crippen molar-refractivity contribution < 1.29 is 49.8 Å². The Bertz CT molecular complexity index is 1300. The predicted octanol–water partition coefficient (Wildman–Crippen LogP) is 1.24. The molecule has 242 valence electrons. The number of unbranched alkanes of at least 4 members (excludes halogenated alkanes) is 1. The first-order valence-corrected chi connectivity index (χ1v) is 16.0. The molecule has 2 bridgehead atoms. The molecule has 0 aromatic heterocycles. The average Bonchev–Trinajstić information content (AvgIpc) is 3.63. The minimum absolute atomic E-state index is 0.0345. The van der Waals surface area contributed by atoms with E-state index < -0.39 is 35.2 Å². The number of ether oxygens (including phenoxy) is 1. The van der Waals surface area contributed by atoms with Gasteiger partial charge in [-0.3, -0.25) is 9.69 Å². The maximum Gasteiger partial charge on any atom is 0.335 e. The van der Waals surface area contributed by atoms with Crippen LogP contribution in [0.5, 0.6) is 11.5 Å². The largest absolute Gasteiger partial charge is 0.504 e. The van der Waals surface area contributed by atoms with E-state index in [1.807, 2.05) is 0 Å². The molecule has 1 aromatic rings. The smallest absolute Gasteiger partial charge is 0.335 e. The maximum absolute atomic E-state index is 13.5. The number of nitrogens with zero attached hydrogens (tertiary/aromatic N) is 2. The number of aliphatic hydroxyl groups is 3. The van der Waals surface area contributed by atoms with Crippen molar-refractivity contribution in [1.82, 2.24) is 9.80 Å². The fourth-order valence-electron chi connectivity index (χ4n) is 8.86. The molecule has 1 aromatic carbocycles. The Hall–Kier alpha value is -2.93. The van der Waals surface area contributed by atoms with Gasteiger partial charge in [-0.25, -0.2) is 9.59 Å². The zero-order valence-corrected chi connectivity index (χ0v) is 25.1. The van der Waals surface area contributed by atoms with Crippen LogP contribution in [0.25, 0.3) is 0 Å². The van der Waals surface area contributed by atoms with Gasteiger partial charge in [0.05, 0.1) is 17.1 Å². The van der Waals surface area contributed by atoms with Crippen molar-refractivity contribution in [3.63, 3.8) is 0 Å². The first-order chi connectivity index (χ1) is 20.9. The summed E-state index contributed by atoms with van der Waals surface area (Å²) in [5.74, 6) is -1.59. The summed E-state index contributed by atoms with van der Waals surface area (Å²) in [6.45, 7) is 5.01. The van der Waals surface area contributed by atoms with Crippen molar-refractivity contribution >= 4 is 17.8 Å². The number of phenols is 1. The normalized spacial score (nSPS) is 34.8. The molecule has 3 aliphatic carbocycles. The summed E-state index contributed by atoms with van der Waals surface area (Å²) in [4.78, 5) is 37.7. The van der Waals surface area contributed by atoms with Gasteiger partial charge in [-0.2, -0.15) is 0 Å². The van der Waals surface area contributed by atoms with Gasteiger partial charge in [0.15, 0.2) is 23.7 Å². The van der Waals surface area contributed by atoms with Gasteiger partial charge in [-0.1, -0.05) is 25.8 Å². The second-order valence-corrected chi connectivity index (χ2v) is 13.6. The van der Waals surface area contributed by atoms with Crippen LogP contribution in [-0.4, -0.2) is 114 Å². The molecule has 3 aliphatic heterocycles. The van der Waals surface area contributed by atoms with E-state index in [0.717, 1.165) is 76.1 Å². The van der Waals surface area contributed by atoms with Gasteiger partial charge in [0.2, 0.25) is 5.91 Å². The number of amides is 1. The highest BCUT2D eigenvalue weighted by Gasteiger charge is 2.73. The second kappa shape index (κ2) is 11.5. The SMILES string of the molecule is CCCCC1CCN([C@H]2CC[C@@]3(O)[C@H]4Cc5ccc(O)c6c5[C@@]3(CCN4CC3CC3)[C@H]2O6)C1=O.O=C(O)C(O)C(O)C(=O)O. The van der Waals surface area contributed by atoms with E-state index in [9.17, 15) is 24.6 Å². The molecule has 2 saturated heterocycles. The number of aromatic hydroxyl groups is 1. The van der Waals surface area contributed by atoms with Crippen molar-refractivity contribution in [2.75, 3.05) is 19.6 Å². The Kier molecular flexibility index (Phi) is 8.09. The lowest BCUT2D eigenvalue weighted by Gasteiger charge is -2.64. The Morgan fingerprint density at radius 1 is 1.05 bits per heavy atom. The van der Waals surface area contributed by atoms with Crippen LogP contribution >= 0.6 is 0 Å². The lowest BCUT2D eigenvalue weighted by molar-refractivity contribution is -0.200. The summed E-state index contributed by atoms with van der Waals surface area (Å²) < 4.78 is 6.67. The van der Waals surface area contributed by atoms with Crippen LogP contribution in [0.4, 0.5) is 0 Å². The molecule has 1 amide bonds. The highest BCUT2D eigenvalue weighted by Crippen LogP contribution is 2.66. The third-order valence-electron chi connectivity index (χ3n) is 11.2. The number of carbonyl (C=O) groups is 3. The molecule has 1 spiro atoms. The average molecular weight is 617 g/mol. The molecule has 12 nitrogen and oxygen atoms in total. The number of piperidine rings is 1. The van der Waals surface area contributed by atoms with Crippen LogP contribution < -0.4 is 4.74 Å². The molecule has 6 aliphatic rings. The summed E-state index contributed by atoms with van der Waals surface area (Å²) in [7, 11) is 0. The molecule has 6 N–H and O–H groups in total. The number of phenolic OH excluding ortho intramolecular Hbond substituents is 1.